The minimum atomic E-state index is -3.45. The van der Waals surface area contributed by atoms with Crippen LogP contribution in [0.15, 0.2) is 10.3 Å². The van der Waals surface area contributed by atoms with Crippen LogP contribution in [0.1, 0.15) is 23.3 Å². The fourth-order valence-electron chi connectivity index (χ4n) is 2.47. The van der Waals surface area contributed by atoms with Crippen LogP contribution in [0.25, 0.3) is 0 Å². The van der Waals surface area contributed by atoms with Crippen molar-refractivity contribution in [2.24, 2.45) is 5.92 Å². The second-order valence-corrected chi connectivity index (χ2v) is 8.36. The third-order valence-electron chi connectivity index (χ3n) is 3.64. The van der Waals surface area contributed by atoms with E-state index in [4.69, 9.17) is 16.3 Å². The lowest BCUT2D eigenvalue weighted by Gasteiger charge is -2.27. The second kappa shape index (κ2) is 6.75. The lowest BCUT2D eigenvalue weighted by atomic mass is 10.0. The molecule has 0 aromatic carbocycles. The summed E-state index contributed by atoms with van der Waals surface area (Å²) in [7, 11) is -1.80. The van der Waals surface area contributed by atoms with Gasteiger partial charge >= 0.3 is 0 Å². The summed E-state index contributed by atoms with van der Waals surface area (Å²) < 4.78 is 32.2. The standard InChI is InChI=1S/C13H20ClNO3S2/c1-10-9-19-12(7-14)13(10)20(16,17)15(2)8-11-3-5-18-6-4-11/h9,11H,3-8H2,1-2H3. The highest BCUT2D eigenvalue weighted by atomic mass is 35.5. The van der Waals surface area contributed by atoms with E-state index in [9.17, 15) is 8.42 Å². The van der Waals surface area contributed by atoms with Gasteiger partial charge in [0.1, 0.15) is 4.90 Å². The van der Waals surface area contributed by atoms with E-state index < -0.39 is 10.0 Å². The van der Waals surface area contributed by atoms with Crippen LogP contribution in [-0.4, -0.2) is 39.5 Å². The van der Waals surface area contributed by atoms with Gasteiger partial charge in [-0.3, -0.25) is 0 Å². The summed E-state index contributed by atoms with van der Waals surface area (Å²) in [4.78, 5) is 1.12. The first-order valence-electron chi connectivity index (χ1n) is 6.63. The summed E-state index contributed by atoms with van der Waals surface area (Å²) in [5.74, 6) is 0.611. The van der Waals surface area contributed by atoms with E-state index in [2.05, 4.69) is 0 Å². The van der Waals surface area contributed by atoms with Crippen LogP contribution < -0.4 is 0 Å². The van der Waals surface area contributed by atoms with Crippen molar-refractivity contribution in [2.75, 3.05) is 26.8 Å². The molecule has 0 saturated carbocycles. The van der Waals surface area contributed by atoms with Crippen LogP contribution in [0.5, 0.6) is 0 Å². The Morgan fingerprint density at radius 2 is 2.10 bits per heavy atom. The third-order valence-corrected chi connectivity index (χ3v) is 7.35. The number of nitrogens with zero attached hydrogens (tertiary/aromatic N) is 1. The summed E-state index contributed by atoms with van der Waals surface area (Å²) in [6, 6.07) is 0. The molecule has 114 valence electrons. The molecule has 20 heavy (non-hydrogen) atoms. The zero-order valence-electron chi connectivity index (χ0n) is 11.8. The van der Waals surface area contributed by atoms with Gasteiger partial charge in [-0.2, -0.15) is 0 Å². The molecule has 1 aromatic rings. The zero-order valence-corrected chi connectivity index (χ0v) is 14.2. The highest BCUT2D eigenvalue weighted by Crippen LogP contribution is 2.31. The minimum absolute atomic E-state index is 0.234. The quantitative estimate of drug-likeness (QED) is 0.776. The summed E-state index contributed by atoms with van der Waals surface area (Å²) in [6.07, 6.45) is 1.84. The van der Waals surface area contributed by atoms with Gasteiger partial charge in [0.25, 0.3) is 0 Å². The highest BCUT2D eigenvalue weighted by molar-refractivity contribution is 7.89. The predicted molar refractivity (Wildman–Crippen MR) is 82.0 cm³/mol. The van der Waals surface area contributed by atoms with E-state index in [1.54, 1.807) is 7.05 Å². The van der Waals surface area contributed by atoms with Crippen molar-refractivity contribution in [1.82, 2.24) is 4.31 Å². The van der Waals surface area contributed by atoms with Crippen molar-refractivity contribution in [1.29, 1.82) is 0 Å². The molecule has 0 spiro atoms. The van der Waals surface area contributed by atoms with Gasteiger partial charge < -0.3 is 4.74 Å². The van der Waals surface area contributed by atoms with Crippen LogP contribution in [0, 0.1) is 12.8 Å². The minimum Gasteiger partial charge on any atom is -0.381 e. The number of halogens is 1. The van der Waals surface area contributed by atoms with Gasteiger partial charge in [0.15, 0.2) is 0 Å². The molecule has 0 amide bonds. The first kappa shape index (κ1) is 16.2. The molecular weight excluding hydrogens is 318 g/mol. The lowest BCUT2D eigenvalue weighted by Crippen LogP contribution is -2.34. The summed E-state index contributed by atoms with van der Waals surface area (Å²) in [5.41, 5.74) is 0.782. The third kappa shape index (κ3) is 3.36. The highest BCUT2D eigenvalue weighted by Gasteiger charge is 2.29. The molecule has 0 atom stereocenters. The van der Waals surface area contributed by atoms with Crippen molar-refractivity contribution in [3.8, 4) is 0 Å². The van der Waals surface area contributed by atoms with Crippen molar-refractivity contribution in [3.63, 3.8) is 0 Å². The van der Waals surface area contributed by atoms with Crippen LogP contribution >= 0.6 is 22.9 Å². The van der Waals surface area contributed by atoms with Crippen LogP contribution in [-0.2, 0) is 20.6 Å². The van der Waals surface area contributed by atoms with Crippen molar-refractivity contribution in [3.05, 3.63) is 15.8 Å². The topological polar surface area (TPSA) is 46.6 Å². The van der Waals surface area contributed by atoms with E-state index in [0.29, 0.717) is 17.4 Å². The summed E-state index contributed by atoms with van der Waals surface area (Å²) in [5, 5.41) is 1.85. The number of hydrogen-bond donors (Lipinski definition) is 0. The van der Waals surface area contributed by atoms with E-state index >= 15 is 0 Å². The van der Waals surface area contributed by atoms with Crippen molar-refractivity contribution in [2.45, 2.75) is 30.5 Å². The van der Waals surface area contributed by atoms with E-state index in [0.717, 1.165) is 36.5 Å². The van der Waals surface area contributed by atoms with Gasteiger partial charge in [0.2, 0.25) is 10.0 Å². The van der Waals surface area contributed by atoms with Gasteiger partial charge in [-0.25, -0.2) is 12.7 Å². The molecule has 2 rings (SSSR count). The van der Waals surface area contributed by atoms with Crippen LogP contribution in [0.2, 0.25) is 0 Å². The van der Waals surface area contributed by atoms with Gasteiger partial charge in [0, 0.05) is 31.7 Å². The van der Waals surface area contributed by atoms with Crippen molar-refractivity contribution >= 4 is 33.0 Å². The summed E-state index contributed by atoms with van der Waals surface area (Å²) in [6.45, 7) is 3.82. The predicted octanol–water partition coefficient (Wildman–Crippen LogP) is 2.84. The van der Waals surface area contributed by atoms with Gasteiger partial charge in [-0.15, -0.1) is 22.9 Å². The monoisotopic (exact) mass is 337 g/mol. The van der Waals surface area contributed by atoms with Gasteiger partial charge in [-0.05, 0) is 36.6 Å². The largest absolute Gasteiger partial charge is 0.381 e. The normalized spacial score (nSPS) is 17.8. The Labute approximate surface area is 129 Å². The SMILES string of the molecule is Cc1csc(CCl)c1S(=O)(=O)N(C)CC1CCOCC1. The molecule has 0 radical (unpaired) electrons. The first-order valence-corrected chi connectivity index (χ1v) is 9.49. The Balaban J connectivity index is 2.18. The van der Waals surface area contributed by atoms with E-state index in [-0.39, 0.29) is 5.88 Å². The van der Waals surface area contributed by atoms with Crippen LogP contribution in [0.4, 0.5) is 0 Å². The second-order valence-electron chi connectivity index (χ2n) is 5.15. The number of rotatable bonds is 5. The van der Waals surface area contributed by atoms with Gasteiger partial charge in [0.05, 0.1) is 5.88 Å². The molecule has 1 saturated heterocycles. The molecule has 1 fully saturated rings. The molecule has 1 aliphatic rings. The Morgan fingerprint density at radius 3 is 2.70 bits per heavy atom. The van der Waals surface area contributed by atoms with Crippen molar-refractivity contribution < 1.29 is 13.2 Å². The molecule has 0 unspecified atom stereocenters. The fraction of sp³-hybridized carbons (Fsp3) is 0.692. The van der Waals surface area contributed by atoms with Crippen LogP contribution in [0.3, 0.4) is 0 Å². The molecule has 4 nitrogen and oxygen atoms in total. The summed E-state index contributed by atoms with van der Waals surface area (Å²) >= 11 is 7.27. The number of ether oxygens (including phenoxy) is 1. The fourth-order valence-corrected chi connectivity index (χ4v) is 5.72. The van der Waals surface area contributed by atoms with E-state index in [1.807, 2.05) is 12.3 Å². The average molecular weight is 338 g/mol. The number of thiophene rings is 1. The number of aryl methyl sites for hydroxylation is 1. The Morgan fingerprint density at radius 1 is 1.45 bits per heavy atom. The van der Waals surface area contributed by atoms with Gasteiger partial charge in [-0.1, -0.05) is 0 Å². The molecule has 0 N–H and O–H groups in total. The maximum Gasteiger partial charge on any atom is 0.244 e. The smallest absolute Gasteiger partial charge is 0.244 e. The maximum atomic E-state index is 12.7. The number of sulfonamides is 1. The molecule has 0 bridgehead atoms. The molecule has 1 aliphatic heterocycles. The molecule has 7 heteroatoms. The Hall–Kier alpha value is -0.140. The molecule has 0 aliphatic carbocycles. The molecular formula is C13H20ClNO3S2. The molecule has 1 aromatic heterocycles. The first-order chi connectivity index (χ1) is 9.46. The lowest BCUT2D eigenvalue weighted by molar-refractivity contribution is 0.0620. The zero-order chi connectivity index (χ0) is 14.8. The number of alkyl halides is 1. The molecule has 2 heterocycles. The Kier molecular flexibility index (Phi) is 5.48. The average Bonchev–Trinajstić information content (AvgIpc) is 2.81. The van der Waals surface area contributed by atoms with E-state index in [1.165, 1.54) is 15.6 Å². The number of hydrogen-bond acceptors (Lipinski definition) is 4. The maximum absolute atomic E-state index is 12.7. The Bertz CT molecular complexity index is 550.